The van der Waals surface area contributed by atoms with Gasteiger partial charge in [0.1, 0.15) is 5.75 Å². The monoisotopic (exact) mass is 466 g/mol. The first kappa shape index (κ1) is 22.4. The molecule has 0 radical (unpaired) electrons. The Kier molecular flexibility index (Phi) is 6.06. The number of carbonyl (C=O) groups excluding carboxylic acids is 1. The SMILES string of the molecule is COc1cccc(C2NC(=O)N(Cc3ccccc3)C(C)=C2c2nc(-c3cccc(C)c3)no2)c1. The Hall–Kier alpha value is -4.39. The largest absolute Gasteiger partial charge is 0.497 e. The van der Waals surface area contributed by atoms with E-state index < -0.39 is 6.04 Å². The van der Waals surface area contributed by atoms with Crippen molar-refractivity contribution in [2.24, 2.45) is 0 Å². The number of aromatic nitrogens is 2. The first-order valence-corrected chi connectivity index (χ1v) is 11.4. The topological polar surface area (TPSA) is 80.5 Å². The smallest absolute Gasteiger partial charge is 0.322 e. The molecule has 3 aromatic carbocycles. The van der Waals surface area contributed by atoms with Crippen molar-refractivity contribution in [2.75, 3.05) is 7.11 Å². The quantitative estimate of drug-likeness (QED) is 0.391. The number of benzene rings is 3. The van der Waals surface area contributed by atoms with Crippen LogP contribution in [0.5, 0.6) is 5.75 Å². The van der Waals surface area contributed by atoms with Crippen molar-refractivity contribution in [3.63, 3.8) is 0 Å². The molecule has 0 bridgehead atoms. The maximum atomic E-state index is 13.3. The summed E-state index contributed by atoms with van der Waals surface area (Å²) in [5.74, 6) is 1.57. The number of carbonyl (C=O) groups is 1. The van der Waals surface area contributed by atoms with Crippen LogP contribution in [0.25, 0.3) is 17.0 Å². The summed E-state index contributed by atoms with van der Waals surface area (Å²) in [7, 11) is 1.62. The second kappa shape index (κ2) is 9.46. The first-order chi connectivity index (χ1) is 17.0. The molecular weight excluding hydrogens is 440 g/mol. The first-order valence-electron chi connectivity index (χ1n) is 11.4. The van der Waals surface area contributed by atoms with Crippen LogP contribution in [0.15, 0.2) is 89.1 Å². The fourth-order valence-corrected chi connectivity index (χ4v) is 4.32. The Labute approximate surface area is 204 Å². The van der Waals surface area contributed by atoms with Gasteiger partial charge in [0, 0.05) is 11.3 Å². The molecule has 0 saturated heterocycles. The molecule has 1 atom stereocenters. The van der Waals surface area contributed by atoms with Gasteiger partial charge in [0.2, 0.25) is 5.82 Å². The Morgan fingerprint density at radius 3 is 2.57 bits per heavy atom. The molecule has 35 heavy (non-hydrogen) atoms. The maximum Gasteiger partial charge on any atom is 0.322 e. The summed E-state index contributed by atoms with van der Waals surface area (Å²) in [5, 5.41) is 7.39. The van der Waals surface area contributed by atoms with E-state index in [0.29, 0.717) is 24.0 Å². The predicted octanol–water partition coefficient (Wildman–Crippen LogP) is 5.75. The summed E-state index contributed by atoms with van der Waals surface area (Å²) in [6.45, 7) is 4.36. The summed E-state index contributed by atoms with van der Waals surface area (Å²) < 4.78 is 11.2. The number of hydrogen-bond donors (Lipinski definition) is 1. The third kappa shape index (κ3) is 4.53. The number of amides is 2. The lowest BCUT2D eigenvalue weighted by molar-refractivity contribution is 0.203. The van der Waals surface area contributed by atoms with E-state index >= 15 is 0 Å². The van der Waals surface area contributed by atoms with Gasteiger partial charge in [0.25, 0.3) is 5.89 Å². The van der Waals surface area contributed by atoms with Crippen LogP contribution in [0.1, 0.15) is 35.5 Å². The molecule has 2 heterocycles. The number of urea groups is 1. The fourth-order valence-electron chi connectivity index (χ4n) is 4.32. The average molecular weight is 467 g/mol. The van der Waals surface area contributed by atoms with Gasteiger partial charge in [0.05, 0.1) is 25.3 Å². The molecule has 1 aromatic heterocycles. The van der Waals surface area contributed by atoms with Crippen molar-refractivity contribution in [3.05, 3.63) is 107 Å². The number of ether oxygens (including phenoxy) is 1. The molecule has 5 rings (SSSR count). The number of allylic oxidation sites excluding steroid dienone is 1. The van der Waals surface area contributed by atoms with E-state index in [1.807, 2.05) is 92.7 Å². The van der Waals surface area contributed by atoms with Crippen molar-refractivity contribution in [2.45, 2.75) is 26.4 Å². The van der Waals surface area contributed by atoms with E-state index in [-0.39, 0.29) is 6.03 Å². The molecule has 176 valence electrons. The van der Waals surface area contributed by atoms with Crippen LogP contribution < -0.4 is 10.1 Å². The second-order valence-electron chi connectivity index (χ2n) is 8.52. The summed E-state index contributed by atoms with van der Waals surface area (Å²) in [6, 6.07) is 24.8. The third-order valence-electron chi connectivity index (χ3n) is 6.14. The van der Waals surface area contributed by atoms with Gasteiger partial charge in [-0.1, -0.05) is 71.4 Å². The van der Waals surface area contributed by atoms with Gasteiger partial charge in [0.15, 0.2) is 0 Å². The van der Waals surface area contributed by atoms with Crippen molar-refractivity contribution >= 4 is 11.6 Å². The molecule has 4 aromatic rings. The standard InChI is InChI=1S/C28H26N4O3/c1-18-9-7-13-22(15-18)26-30-27(35-31-26)24-19(2)32(17-20-10-5-4-6-11-20)28(33)29-25(24)21-12-8-14-23(16-21)34-3/h4-16,25H,17H2,1-3H3,(H,29,33). The minimum Gasteiger partial charge on any atom is -0.497 e. The molecule has 7 heteroatoms. The van der Waals surface area contributed by atoms with E-state index in [4.69, 9.17) is 14.2 Å². The van der Waals surface area contributed by atoms with Gasteiger partial charge < -0.3 is 14.6 Å². The minimum absolute atomic E-state index is 0.193. The summed E-state index contributed by atoms with van der Waals surface area (Å²) in [5.41, 5.74) is 5.37. The van der Waals surface area contributed by atoms with E-state index in [1.54, 1.807) is 12.0 Å². The molecule has 1 aliphatic rings. The number of rotatable bonds is 6. The molecule has 0 saturated carbocycles. The van der Waals surface area contributed by atoms with Crippen LogP contribution in [0, 0.1) is 6.92 Å². The molecule has 0 aliphatic carbocycles. The van der Waals surface area contributed by atoms with Crippen LogP contribution in [0.3, 0.4) is 0 Å². The van der Waals surface area contributed by atoms with E-state index in [0.717, 1.165) is 33.5 Å². The van der Waals surface area contributed by atoms with Gasteiger partial charge in [-0.25, -0.2) is 4.79 Å². The van der Waals surface area contributed by atoms with Crippen molar-refractivity contribution in [3.8, 4) is 17.1 Å². The zero-order valence-corrected chi connectivity index (χ0v) is 19.9. The zero-order chi connectivity index (χ0) is 24.4. The summed E-state index contributed by atoms with van der Waals surface area (Å²) in [4.78, 5) is 19.7. The van der Waals surface area contributed by atoms with Crippen molar-refractivity contribution in [1.29, 1.82) is 0 Å². The van der Waals surface area contributed by atoms with E-state index in [9.17, 15) is 4.79 Å². The molecule has 1 N–H and O–H groups in total. The summed E-state index contributed by atoms with van der Waals surface area (Å²) >= 11 is 0. The van der Waals surface area contributed by atoms with Crippen LogP contribution >= 0.6 is 0 Å². The van der Waals surface area contributed by atoms with Gasteiger partial charge >= 0.3 is 6.03 Å². The van der Waals surface area contributed by atoms with Gasteiger partial charge in [-0.3, -0.25) is 4.90 Å². The van der Waals surface area contributed by atoms with E-state index in [1.165, 1.54) is 0 Å². The van der Waals surface area contributed by atoms with Crippen LogP contribution in [-0.4, -0.2) is 28.2 Å². The third-order valence-corrected chi connectivity index (χ3v) is 6.14. The predicted molar refractivity (Wildman–Crippen MR) is 133 cm³/mol. The molecule has 1 unspecified atom stereocenters. The minimum atomic E-state index is -0.476. The Morgan fingerprint density at radius 1 is 1.00 bits per heavy atom. The zero-order valence-electron chi connectivity index (χ0n) is 19.9. The highest BCUT2D eigenvalue weighted by atomic mass is 16.5. The lowest BCUT2D eigenvalue weighted by atomic mass is 9.94. The van der Waals surface area contributed by atoms with Crippen LogP contribution in [0.2, 0.25) is 0 Å². The highest BCUT2D eigenvalue weighted by Crippen LogP contribution is 2.38. The van der Waals surface area contributed by atoms with Gasteiger partial charge in [-0.2, -0.15) is 4.98 Å². The maximum absolute atomic E-state index is 13.3. The lowest BCUT2D eigenvalue weighted by Gasteiger charge is -2.35. The molecule has 0 fully saturated rings. The normalized spacial score (nSPS) is 15.8. The number of aryl methyl sites for hydroxylation is 1. The van der Waals surface area contributed by atoms with E-state index in [2.05, 4.69) is 10.5 Å². The second-order valence-corrected chi connectivity index (χ2v) is 8.52. The van der Waals surface area contributed by atoms with Crippen LogP contribution in [-0.2, 0) is 6.54 Å². The number of nitrogens with one attached hydrogen (secondary N) is 1. The molecular formula is C28H26N4O3. The van der Waals surface area contributed by atoms with Crippen LogP contribution in [0.4, 0.5) is 4.79 Å². The van der Waals surface area contributed by atoms with Crippen molar-refractivity contribution in [1.82, 2.24) is 20.4 Å². The highest BCUT2D eigenvalue weighted by Gasteiger charge is 2.36. The fraction of sp³-hybridized carbons (Fsp3) is 0.179. The molecule has 2 amide bonds. The Bertz CT molecular complexity index is 1390. The molecule has 7 nitrogen and oxygen atoms in total. The Balaban J connectivity index is 1.61. The number of methoxy groups -OCH3 is 1. The molecule has 1 aliphatic heterocycles. The number of nitrogens with zero attached hydrogens (tertiary/aromatic N) is 3. The molecule has 0 spiro atoms. The van der Waals surface area contributed by atoms with Gasteiger partial charge in [-0.15, -0.1) is 0 Å². The summed E-state index contributed by atoms with van der Waals surface area (Å²) in [6.07, 6.45) is 0. The average Bonchev–Trinajstić information content (AvgIpc) is 3.37. The van der Waals surface area contributed by atoms with Gasteiger partial charge in [-0.05, 0) is 43.2 Å². The lowest BCUT2D eigenvalue weighted by Crippen LogP contribution is -2.45. The number of hydrogen-bond acceptors (Lipinski definition) is 5. The Morgan fingerprint density at radius 2 is 1.80 bits per heavy atom. The van der Waals surface area contributed by atoms with Crippen molar-refractivity contribution < 1.29 is 14.1 Å². The highest BCUT2D eigenvalue weighted by molar-refractivity contribution is 5.87.